The Morgan fingerprint density at radius 1 is 1.42 bits per heavy atom. The molecular formula is C19H28N4O. The van der Waals surface area contributed by atoms with Crippen molar-refractivity contribution in [2.45, 2.75) is 31.8 Å². The van der Waals surface area contributed by atoms with E-state index < -0.39 is 0 Å². The van der Waals surface area contributed by atoms with E-state index in [9.17, 15) is 0 Å². The standard InChI is InChI=1S/C19H28N4O/c1-14-7-8-16-17(6-5-9-24-19(16)10-14)20-12-18(22(2)3)15-11-21-23(4)13-15/h7-8,10-11,13,17-18,20H,5-6,9,12H2,1-4H3/t17-,18+/m1/s1. The summed E-state index contributed by atoms with van der Waals surface area (Å²) in [7, 11) is 6.20. The zero-order valence-corrected chi connectivity index (χ0v) is 15.1. The second-order valence-electron chi connectivity index (χ2n) is 6.92. The number of nitrogens with one attached hydrogen (secondary N) is 1. The molecule has 1 aromatic carbocycles. The van der Waals surface area contributed by atoms with Crippen LogP contribution in [-0.2, 0) is 7.05 Å². The number of rotatable bonds is 5. The quantitative estimate of drug-likeness (QED) is 0.916. The predicted octanol–water partition coefficient (Wildman–Crippen LogP) is 2.83. The Morgan fingerprint density at radius 2 is 2.25 bits per heavy atom. The number of hydrogen-bond donors (Lipinski definition) is 1. The fraction of sp³-hybridized carbons (Fsp3) is 0.526. The summed E-state index contributed by atoms with van der Waals surface area (Å²) in [6.07, 6.45) is 6.23. The van der Waals surface area contributed by atoms with E-state index in [1.165, 1.54) is 16.7 Å². The number of aryl methyl sites for hydroxylation is 2. The molecule has 0 radical (unpaired) electrons. The van der Waals surface area contributed by atoms with Crippen molar-refractivity contribution < 1.29 is 4.74 Å². The monoisotopic (exact) mass is 328 g/mol. The molecule has 3 rings (SSSR count). The number of fused-ring (bicyclic) bond motifs is 1. The molecule has 24 heavy (non-hydrogen) atoms. The largest absolute Gasteiger partial charge is 0.493 e. The summed E-state index contributed by atoms with van der Waals surface area (Å²) in [5.74, 6) is 1.03. The highest BCUT2D eigenvalue weighted by Gasteiger charge is 2.22. The molecule has 0 amide bonds. The Morgan fingerprint density at radius 3 is 2.96 bits per heavy atom. The molecule has 5 nitrogen and oxygen atoms in total. The average molecular weight is 328 g/mol. The maximum atomic E-state index is 5.94. The van der Waals surface area contributed by atoms with Crippen molar-refractivity contribution in [3.05, 3.63) is 47.3 Å². The van der Waals surface area contributed by atoms with Gasteiger partial charge < -0.3 is 15.0 Å². The fourth-order valence-corrected chi connectivity index (χ4v) is 3.36. The smallest absolute Gasteiger partial charge is 0.124 e. The Hall–Kier alpha value is -1.85. The van der Waals surface area contributed by atoms with Crippen molar-refractivity contribution in [1.29, 1.82) is 0 Å². The molecule has 0 bridgehead atoms. The van der Waals surface area contributed by atoms with Crippen molar-refractivity contribution >= 4 is 0 Å². The van der Waals surface area contributed by atoms with Gasteiger partial charge in [-0.2, -0.15) is 5.10 Å². The van der Waals surface area contributed by atoms with Crippen LogP contribution in [0.1, 0.15) is 41.6 Å². The summed E-state index contributed by atoms with van der Waals surface area (Å²) in [6.45, 7) is 3.80. The molecular weight excluding hydrogens is 300 g/mol. The van der Waals surface area contributed by atoms with Gasteiger partial charge in [-0.15, -0.1) is 0 Å². The first-order chi connectivity index (χ1) is 11.5. The average Bonchev–Trinajstić information content (AvgIpc) is 2.85. The summed E-state index contributed by atoms with van der Waals surface area (Å²) >= 11 is 0. The van der Waals surface area contributed by atoms with Gasteiger partial charge in [0.2, 0.25) is 0 Å². The molecule has 0 saturated carbocycles. The minimum absolute atomic E-state index is 0.303. The molecule has 0 unspecified atom stereocenters. The Kier molecular flexibility index (Phi) is 5.21. The highest BCUT2D eigenvalue weighted by molar-refractivity contribution is 5.40. The lowest BCUT2D eigenvalue weighted by atomic mass is 10.00. The second-order valence-corrected chi connectivity index (χ2v) is 6.92. The Balaban J connectivity index is 1.75. The van der Waals surface area contributed by atoms with Crippen molar-refractivity contribution in [3.8, 4) is 5.75 Å². The molecule has 2 atom stereocenters. The van der Waals surface area contributed by atoms with Gasteiger partial charge in [-0.25, -0.2) is 0 Å². The van der Waals surface area contributed by atoms with E-state index in [1.807, 2.05) is 17.9 Å². The molecule has 1 N–H and O–H groups in total. The Labute approximate surface area is 144 Å². The van der Waals surface area contributed by atoms with Crippen molar-refractivity contribution in [2.24, 2.45) is 7.05 Å². The molecule has 0 aliphatic carbocycles. The summed E-state index contributed by atoms with van der Waals surface area (Å²) in [5, 5.41) is 8.09. The van der Waals surface area contributed by atoms with Gasteiger partial charge in [0.05, 0.1) is 12.8 Å². The van der Waals surface area contributed by atoms with Gasteiger partial charge in [0.25, 0.3) is 0 Å². The zero-order valence-electron chi connectivity index (χ0n) is 15.1. The maximum Gasteiger partial charge on any atom is 0.124 e. The van der Waals surface area contributed by atoms with Gasteiger partial charge in [-0.1, -0.05) is 12.1 Å². The van der Waals surface area contributed by atoms with Gasteiger partial charge in [0.15, 0.2) is 0 Å². The molecule has 2 heterocycles. The summed E-state index contributed by atoms with van der Waals surface area (Å²) < 4.78 is 7.80. The van der Waals surface area contributed by atoms with Crippen molar-refractivity contribution in [3.63, 3.8) is 0 Å². The minimum Gasteiger partial charge on any atom is -0.493 e. The lowest BCUT2D eigenvalue weighted by Crippen LogP contribution is -2.33. The van der Waals surface area contributed by atoms with E-state index in [0.29, 0.717) is 12.1 Å². The number of likely N-dealkylation sites (N-methyl/N-ethyl adjacent to an activating group) is 1. The van der Waals surface area contributed by atoms with Crippen LogP contribution in [0.2, 0.25) is 0 Å². The van der Waals surface area contributed by atoms with Gasteiger partial charge in [-0.3, -0.25) is 4.68 Å². The minimum atomic E-state index is 0.303. The van der Waals surface area contributed by atoms with Gasteiger partial charge in [0, 0.05) is 43.0 Å². The molecule has 2 aromatic rings. The number of ether oxygens (including phenoxy) is 1. The third-order valence-corrected chi connectivity index (χ3v) is 4.73. The molecule has 130 valence electrons. The fourth-order valence-electron chi connectivity index (χ4n) is 3.36. The third kappa shape index (κ3) is 3.79. The number of benzene rings is 1. The zero-order chi connectivity index (χ0) is 17.1. The molecule has 0 spiro atoms. The van der Waals surface area contributed by atoms with Gasteiger partial charge in [-0.05, 0) is 45.5 Å². The van der Waals surface area contributed by atoms with Crippen LogP contribution in [-0.4, -0.2) is 41.9 Å². The number of nitrogens with zero attached hydrogens (tertiary/aromatic N) is 3. The molecule has 0 saturated heterocycles. The van der Waals surface area contributed by atoms with Crippen molar-refractivity contribution in [2.75, 3.05) is 27.2 Å². The molecule has 1 aliphatic rings. The number of hydrogen-bond acceptors (Lipinski definition) is 4. The van der Waals surface area contributed by atoms with E-state index in [4.69, 9.17) is 4.74 Å². The van der Waals surface area contributed by atoms with Gasteiger partial charge in [0.1, 0.15) is 5.75 Å². The van der Waals surface area contributed by atoms with E-state index in [2.05, 4.69) is 60.7 Å². The van der Waals surface area contributed by atoms with E-state index in [1.54, 1.807) is 0 Å². The third-order valence-electron chi connectivity index (χ3n) is 4.73. The van der Waals surface area contributed by atoms with Crippen LogP contribution in [0.5, 0.6) is 5.75 Å². The lowest BCUT2D eigenvalue weighted by Gasteiger charge is -2.27. The van der Waals surface area contributed by atoms with Crippen LogP contribution in [0.15, 0.2) is 30.6 Å². The van der Waals surface area contributed by atoms with Gasteiger partial charge >= 0.3 is 0 Å². The van der Waals surface area contributed by atoms with Crippen molar-refractivity contribution in [1.82, 2.24) is 20.0 Å². The summed E-state index contributed by atoms with van der Waals surface area (Å²) in [4.78, 5) is 2.24. The van der Waals surface area contributed by atoms with E-state index in [0.717, 1.165) is 31.7 Å². The van der Waals surface area contributed by atoms with Crippen LogP contribution in [0.4, 0.5) is 0 Å². The van der Waals surface area contributed by atoms with E-state index >= 15 is 0 Å². The molecule has 0 fully saturated rings. The SMILES string of the molecule is Cc1ccc2c(c1)OCCC[C@H]2NC[C@@H](c1cnn(C)c1)N(C)C. The topological polar surface area (TPSA) is 42.3 Å². The predicted molar refractivity (Wildman–Crippen MR) is 96.3 cm³/mol. The van der Waals surface area contributed by atoms with Crippen LogP contribution in [0.25, 0.3) is 0 Å². The first-order valence-electron chi connectivity index (χ1n) is 8.66. The van der Waals surface area contributed by atoms with E-state index in [-0.39, 0.29) is 0 Å². The summed E-state index contributed by atoms with van der Waals surface area (Å²) in [5.41, 5.74) is 3.77. The molecule has 5 heteroatoms. The first kappa shape index (κ1) is 17.0. The first-order valence-corrected chi connectivity index (χ1v) is 8.66. The lowest BCUT2D eigenvalue weighted by molar-refractivity contribution is 0.276. The van der Waals surface area contributed by atoms with Crippen LogP contribution in [0, 0.1) is 6.92 Å². The van der Waals surface area contributed by atoms with Crippen LogP contribution in [0.3, 0.4) is 0 Å². The summed E-state index contributed by atoms with van der Waals surface area (Å²) in [6, 6.07) is 7.17. The molecule has 1 aromatic heterocycles. The second kappa shape index (κ2) is 7.36. The van der Waals surface area contributed by atoms with Crippen LogP contribution < -0.4 is 10.1 Å². The van der Waals surface area contributed by atoms with Crippen LogP contribution >= 0.6 is 0 Å². The number of aromatic nitrogens is 2. The Bertz CT molecular complexity index is 680. The maximum absolute atomic E-state index is 5.94. The molecule has 1 aliphatic heterocycles. The highest BCUT2D eigenvalue weighted by Crippen LogP contribution is 2.32. The highest BCUT2D eigenvalue weighted by atomic mass is 16.5. The normalized spacial score (nSPS) is 18.8.